The Morgan fingerprint density at radius 2 is 1.62 bits per heavy atom. The van der Waals surface area contributed by atoms with Gasteiger partial charge in [-0.1, -0.05) is 18.2 Å². The number of aromatic nitrogens is 1. The van der Waals surface area contributed by atoms with Crippen molar-refractivity contribution < 1.29 is 35.9 Å². The summed E-state index contributed by atoms with van der Waals surface area (Å²) in [7, 11) is -2.26. The average molecular weight is 579 g/mol. The zero-order valence-electron chi connectivity index (χ0n) is 21.9. The Hall–Kier alpha value is -3.68. The predicted molar refractivity (Wildman–Crippen MR) is 141 cm³/mol. The molecular weight excluding hydrogens is 549 g/mol. The molecule has 0 radical (unpaired) electrons. The van der Waals surface area contributed by atoms with Gasteiger partial charge in [-0.25, -0.2) is 8.42 Å². The molecule has 1 saturated heterocycles. The van der Waals surface area contributed by atoms with Gasteiger partial charge in [-0.15, -0.1) is 0 Å². The van der Waals surface area contributed by atoms with E-state index < -0.39 is 33.5 Å². The first-order valence-electron chi connectivity index (χ1n) is 12.4. The van der Waals surface area contributed by atoms with Gasteiger partial charge in [0.25, 0.3) is 5.91 Å². The van der Waals surface area contributed by atoms with Crippen LogP contribution in [0.15, 0.2) is 59.5 Å². The minimum Gasteiger partial charge on any atom is -0.497 e. The predicted octanol–water partition coefficient (Wildman–Crippen LogP) is 3.16. The molecule has 3 aromatic rings. The maximum absolute atomic E-state index is 13.6. The quantitative estimate of drug-likeness (QED) is 0.390. The second-order valence-corrected chi connectivity index (χ2v) is 11.4. The van der Waals surface area contributed by atoms with Crippen molar-refractivity contribution in [3.8, 4) is 5.75 Å². The summed E-state index contributed by atoms with van der Waals surface area (Å²) in [5.41, 5.74) is 4.95. The number of ketones is 1. The Morgan fingerprint density at radius 3 is 2.20 bits per heavy atom. The van der Waals surface area contributed by atoms with Crippen LogP contribution in [0, 0.1) is 6.92 Å². The summed E-state index contributed by atoms with van der Waals surface area (Å²) < 4.78 is 74.6. The van der Waals surface area contributed by atoms with E-state index in [1.165, 1.54) is 59.3 Å². The second kappa shape index (κ2) is 11.4. The maximum atomic E-state index is 13.6. The van der Waals surface area contributed by atoms with Crippen LogP contribution in [0.4, 0.5) is 13.2 Å². The molecule has 1 fully saturated rings. The molecule has 2 N–H and O–H groups in total. The lowest BCUT2D eigenvalue weighted by atomic mass is 10.1. The smallest absolute Gasteiger partial charge is 0.416 e. The number of methoxy groups -OCH3 is 1. The number of hydrogen-bond acceptors (Lipinski definition) is 6. The van der Waals surface area contributed by atoms with Gasteiger partial charge in [0.1, 0.15) is 5.75 Å². The molecule has 0 bridgehead atoms. The highest BCUT2D eigenvalue weighted by atomic mass is 32.2. The maximum Gasteiger partial charge on any atom is 0.416 e. The standard InChI is InChI=1S/C27H29F3N4O5S/c1-18-22(26(31)36)15-24(34(18)16-19-5-3-4-6-23(19)27(28,29)30)25(35)17-32-11-13-33(14-12-32)40(37,38)21-9-7-20(39-2)8-10-21/h3-10,15H,11-14,16-17H2,1-2H3,(H2,31,36). The zero-order valence-corrected chi connectivity index (χ0v) is 22.8. The highest BCUT2D eigenvalue weighted by molar-refractivity contribution is 7.89. The van der Waals surface area contributed by atoms with Crippen LogP contribution in [0.2, 0.25) is 0 Å². The number of primary amides is 1. The molecule has 4 rings (SSSR count). The molecule has 0 unspecified atom stereocenters. The van der Waals surface area contributed by atoms with Crippen molar-refractivity contribution in [2.24, 2.45) is 5.73 Å². The summed E-state index contributed by atoms with van der Waals surface area (Å²) in [6.45, 7) is 1.94. The van der Waals surface area contributed by atoms with Crippen LogP contribution >= 0.6 is 0 Å². The topological polar surface area (TPSA) is 115 Å². The lowest BCUT2D eigenvalue weighted by Gasteiger charge is -2.33. The fraction of sp³-hybridized carbons (Fsp3) is 0.333. The molecule has 2 heterocycles. The number of alkyl halides is 3. The SMILES string of the molecule is COc1ccc(S(=O)(=O)N2CCN(CC(=O)c3cc(C(N)=O)c(C)n3Cc3ccccc3C(F)(F)F)CC2)cc1. The third-order valence-electron chi connectivity index (χ3n) is 6.96. The largest absolute Gasteiger partial charge is 0.497 e. The molecule has 214 valence electrons. The molecule has 1 aliphatic rings. The van der Waals surface area contributed by atoms with Crippen molar-refractivity contribution in [2.75, 3.05) is 39.8 Å². The zero-order chi connectivity index (χ0) is 29.2. The monoisotopic (exact) mass is 578 g/mol. The number of ether oxygens (including phenoxy) is 1. The van der Waals surface area contributed by atoms with E-state index in [1.54, 1.807) is 17.0 Å². The second-order valence-electron chi connectivity index (χ2n) is 9.41. The number of carbonyl (C=O) groups is 2. The van der Waals surface area contributed by atoms with E-state index in [1.807, 2.05) is 0 Å². The van der Waals surface area contributed by atoms with Gasteiger partial charge in [-0.3, -0.25) is 14.5 Å². The lowest BCUT2D eigenvalue weighted by Crippen LogP contribution is -2.49. The number of benzene rings is 2. The van der Waals surface area contributed by atoms with Crippen molar-refractivity contribution in [3.63, 3.8) is 0 Å². The van der Waals surface area contributed by atoms with Crippen molar-refractivity contribution in [1.29, 1.82) is 0 Å². The van der Waals surface area contributed by atoms with Gasteiger partial charge in [0.15, 0.2) is 5.78 Å². The van der Waals surface area contributed by atoms with E-state index in [2.05, 4.69) is 0 Å². The molecule has 9 nitrogen and oxygen atoms in total. The van der Waals surface area contributed by atoms with Crippen molar-refractivity contribution >= 4 is 21.7 Å². The Morgan fingerprint density at radius 1 is 1.00 bits per heavy atom. The fourth-order valence-electron chi connectivity index (χ4n) is 4.74. The third kappa shape index (κ3) is 6.06. The highest BCUT2D eigenvalue weighted by Gasteiger charge is 2.34. The van der Waals surface area contributed by atoms with Gasteiger partial charge >= 0.3 is 6.18 Å². The van der Waals surface area contributed by atoms with E-state index in [0.717, 1.165) is 6.07 Å². The van der Waals surface area contributed by atoms with Crippen LogP contribution in [-0.4, -0.2) is 73.7 Å². The van der Waals surface area contributed by atoms with Crippen LogP contribution in [0.25, 0.3) is 0 Å². The van der Waals surface area contributed by atoms with Gasteiger partial charge in [0.2, 0.25) is 10.0 Å². The van der Waals surface area contributed by atoms with Gasteiger partial charge in [0, 0.05) is 38.4 Å². The van der Waals surface area contributed by atoms with E-state index in [-0.39, 0.29) is 66.7 Å². The Labute approximate surface area is 230 Å². The average Bonchev–Trinajstić information content (AvgIpc) is 3.25. The van der Waals surface area contributed by atoms with Gasteiger partial charge in [0.05, 0.1) is 35.4 Å². The van der Waals surface area contributed by atoms with Crippen LogP contribution in [0.3, 0.4) is 0 Å². The molecule has 0 aliphatic carbocycles. The number of Topliss-reactive ketones (excluding diaryl/α,β-unsaturated/α-hetero) is 1. The summed E-state index contributed by atoms with van der Waals surface area (Å²) in [4.78, 5) is 27.3. The van der Waals surface area contributed by atoms with Crippen molar-refractivity contribution in [1.82, 2.24) is 13.8 Å². The minimum atomic E-state index is -4.60. The normalized spacial score (nSPS) is 15.2. The van der Waals surface area contributed by atoms with Crippen LogP contribution in [0.5, 0.6) is 5.75 Å². The first-order chi connectivity index (χ1) is 18.8. The van der Waals surface area contributed by atoms with E-state index >= 15 is 0 Å². The van der Waals surface area contributed by atoms with Crippen LogP contribution in [0.1, 0.15) is 37.7 Å². The summed E-state index contributed by atoms with van der Waals surface area (Å²) in [6.07, 6.45) is -4.60. The molecule has 2 aromatic carbocycles. The van der Waals surface area contributed by atoms with Gasteiger partial charge in [-0.2, -0.15) is 17.5 Å². The molecule has 1 aliphatic heterocycles. The molecule has 40 heavy (non-hydrogen) atoms. The van der Waals surface area contributed by atoms with E-state index in [4.69, 9.17) is 10.5 Å². The summed E-state index contributed by atoms with van der Waals surface area (Å²) in [5.74, 6) is -0.693. The Bertz CT molecular complexity index is 1510. The summed E-state index contributed by atoms with van der Waals surface area (Å²) in [5, 5.41) is 0. The number of nitrogens with zero attached hydrogens (tertiary/aromatic N) is 3. The summed E-state index contributed by atoms with van der Waals surface area (Å²) in [6, 6.07) is 12.4. The number of sulfonamides is 1. The highest BCUT2D eigenvalue weighted by Crippen LogP contribution is 2.33. The third-order valence-corrected chi connectivity index (χ3v) is 8.88. The molecule has 0 atom stereocenters. The van der Waals surface area contributed by atoms with Gasteiger partial charge in [-0.05, 0) is 48.9 Å². The Balaban J connectivity index is 1.51. The first-order valence-corrected chi connectivity index (χ1v) is 13.8. The van der Waals surface area contributed by atoms with Crippen LogP contribution in [-0.2, 0) is 22.7 Å². The molecule has 0 spiro atoms. The van der Waals surface area contributed by atoms with Crippen LogP contribution < -0.4 is 10.5 Å². The minimum absolute atomic E-state index is 0.0447. The lowest BCUT2D eigenvalue weighted by molar-refractivity contribution is -0.138. The van der Waals surface area contributed by atoms with Crippen molar-refractivity contribution in [2.45, 2.75) is 24.5 Å². The number of carbonyl (C=O) groups excluding carboxylic acids is 2. The molecule has 1 aromatic heterocycles. The number of halogens is 3. The number of hydrogen-bond donors (Lipinski definition) is 1. The van der Waals surface area contributed by atoms with E-state index in [9.17, 15) is 31.2 Å². The number of nitrogens with two attached hydrogens (primary N) is 1. The Kier molecular flexibility index (Phi) is 8.38. The molecule has 0 saturated carbocycles. The molecule has 1 amide bonds. The fourth-order valence-corrected chi connectivity index (χ4v) is 6.17. The van der Waals surface area contributed by atoms with E-state index in [0.29, 0.717) is 5.75 Å². The number of piperazine rings is 1. The van der Waals surface area contributed by atoms with Gasteiger partial charge < -0.3 is 15.0 Å². The first kappa shape index (κ1) is 29.3. The number of amides is 1. The molecule has 13 heteroatoms. The molecular formula is C27H29F3N4O5S. The van der Waals surface area contributed by atoms with Crippen molar-refractivity contribution in [3.05, 3.63) is 82.7 Å². The summed E-state index contributed by atoms with van der Waals surface area (Å²) >= 11 is 0. The number of rotatable bonds is 9.